The summed E-state index contributed by atoms with van der Waals surface area (Å²) in [5.74, 6) is -0.331. The maximum absolute atomic E-state index is 13.1. The van der Waals surface area contributed by atoms with Gasteiger partial charge in [-0.3, -0.25) is 14.4 Å². The number of hydrogen-bond acceptors (Lipinski definition) is 5. The second-order valence-corrected chi connectivity index (χ2v) is 8.46. The van der Waals surface area contributed by atoms with Crippen molar-refractivity contribution in [3.8, 4) is 0 Å². The number of nitrogens with one attached hydrogen (secondary N) is 1. The Morgan fingerprint density at radius 3 is 2.67 bits per heavy atom. The quantitative estimate of drug-likeness (QED) is 0.682. The third-order valence-corrected chi connectivity index (χ3v) is 6.29. The molecule has 3 heterocycles. The lowest BCUT2D eigenvalue weighted by atomic mass is 9.96. The number of carbonyl (C=O) groups is 2. The zero-order valence-corrected chi connectivity index (χ0v) is 17.8. The van der Waals surface area contributed by atoms with E-state index in [9.17, 15) is 14.4 Å². The Balaban J connectivity index is 1.53. The van der Waals surface area contributed by atoms with E-state index in [4.69, 9.17) is 4.74 Å². The summed E-state index contributed by atoms with van der Waals surface area (Å²) < 4.78 is 6.97. The van der Waals surface area contributed by atoms with Gasteiger partial charge in [-0.2, -0.15) is 0 Å². The summed E-state index contributed by atoms with van der Waals surface area (Å²) in [6.07, 6.45) is 6.73. The molecule has 4 rings (SSSR count). The number of carbonyl (C=O) groups excluding carboxylic acids is 2. The molecule has 0 atom stereocenters. The van der Waals surface area contributed by atoms with Crippen molar-refractivity contribution in [3.05, 3.63) is 33.2 Å². The second-order valence-electron chi connectivity index (χ2n) is 8.46. The lowest BCUT2D eigenvalue weighted by Gasteiger charge is -2.30. The molecule has 1 N–H and O–H groups in total. The van der Waals surface area contributed by atoms with Crippen molar-refractivity contribution in [2.45, 2.75) is 51.6 Å². The molecule has 3 aliphatic rings. The molecule has 0 bridgehead atoms. The standard InChI is InChI=1S/C22H32N4O4/c1-2-30-15-19(27)25-11-7-18-16(13-25)14-26(17-5-6-17)22(29)20(18)21(28)23-8-12-24-9-3-4-10-24/h14,17H,2-13,15H2,1H3,(H,23,28). The molecule has 30 heavy (non-hydrogen) atoms. The van der Waals surface area contributed by atoms with Crippen LogP contribution in [0.15, 0.2) is 11.0 Å². The van der Waals surface area contributed by atoms with E-state index >= 15 is 0 Å². The summed E-state index contributed by atoms with van der Waals surface area (Å²) >= 11 is 0. The Bertz CT molecular complexity index is 855. The van der Waals surface area contributed by atoms with Gasteiger partial charge in [0.15, 0.2) is 0 Å². The number of rotatable bonds is 8. The molecular formula is C22H32N4O4. The largest absolute Gasteiger partial charge is 0.372 e. The zero-order valence-electron chi connectivity index (χ0n) is 17.8. The minimum Gasteiger partial charge on any atom is -0.372 e. The maximum atomic E-state index is 13.1. The molecule has 8 heteroatoms. The van der Waals surface area contributed by atoms with Gasteiger partial charge < -0.3 is 24.4 Å². The molecule has 1 aromatic heterocycles. The Morgan fingerprint density at radius 1 is 1.20 bits per heavy atom. The first-order valence-corrected chi connectivity index (χ1v) is 11.2. The number of ether oxygens (including phenoxy) is 1. The van der Waals surface area contributed by atoms with E-state index in [2.05, 4.69) is 10.2 Å². The van der Waals surface area contributed by atoms with Crippen molar-refractivity contribution in [1.82, 2.24) is 19.7 Å². The van der Waals surface area contributed by atoms with Crippen molar-refractivity contribution in [2.24, 2.45) is 0 Å². The molecule has 0 aromatic carbocycles. The Hall–Kier alpha value is -2.19. The summed E-state index contributed by atoms with van der Waals surface area (Å²) in [5.41, 5.74) is 1.79. The SMILES string of the molecule is CCOCC(=O)N1CCc2c(cn(C3CC3)c(=O)c2C(=O)NCCN2CCCC2)C1. The minimum atomic E-state index is -0.278. The number of hydrogen-bond donors (Lipinski definition) is 1. The summed E-state index contributed by atoms with van der Waals surface area (Å²) in [4.78, 5) is 42.6. The van der Waals surface area contributed by atoms with Gasteiger partial charge in [0.05, 0.1) is 0 Å². The van der Waals surface area contributed by atoms with Crippen molar-refractivity contribution in [1.29, 1.82) is 0 Å². The fourth-order valence-electron chi connectivity index (χ4n) is 4.45. The van der Waals surface area contributed by atoms with E-state index in [0.29, 0.717) is 32.7 Å². The third-order valence-electron chi connectivity index (χ3n) is 6.29. The highest BCUT2D eigenvalue weighted by atomic mass is 16.5. The van der Waals surface area contributed by atoms with Crippen LogP contribution in [0.4, 0.5) is 0 Å². The van der Waals surface area contributed by atoms with Gasteiger partial charge in [-0.1, -0.05) is 0 Å². The highest BCUT2D eigenvalue weighted by molar-refractivity contribution is 5.95. The molecular weight excluding hydrogens is 384 g/mol. The first-order chi connectivity index (χ1) is 14.6. The van der Waals surface area contributed by atoms with E-state index in [1.807, 2.05) is 13.1 Å². The number of amides is 2. The Labute approximate surface area is 177 Å². The van der Waals surface area contributed by atoms with Gasteiger partial charge in [-0.15, -0.1) is 0 Å². The number of nitrogens with zero attached hydrogens (tertiary/aromatic N) is 3. The number of aromatic nitrogens is 1. The molecule has 2 amide bonds. The van der Waals surface area contributed by atoms with Crippen LogP contribution in [-0.2, 0) is 22.5 Å². The normalized spacial score (nSPS) is 19.0. The van der Waals surface area contributed by atoms with Crippen LogP contribution >= 0.6 is 0 Å². The molecule has 0 spiro atoms. The Morgan fingerprint density at radius 2 is 1.97 bits per heavy atom. The van der Waals surface area contributed by atoms with Gasteiger partial charge in [0, 0.05) is 45.0 Å². The number of likely N-dealkylation sites (tertiary alicyclic amines) is 1. The van der Waals surface area contributed by atoms with Gasteiger partial charge >= 0.3 is 0 Å². The lowest BCUT2D eigenvalue weighted by Crippen LogP contribution is -2.43. The first-order valence-electron chi connectivity index (χ1n) is 11.2. The predicted octanol–water partition coefficient (Wildman–Crippen LogP) is 0.930. The van der Waals surface area contributed by atoms with E-state index in [1.165, 1.54) is 12.8 Å². The van der Waals surface area contributed by atoms with Crippen molar-refractivity contribution in [3.63, 3.8) is 0 Å². The average molecular weight is 417 g/mol. The van der Waals surface area contributed by atoms with E-state index in [0.717, 1.165) is 43.6 Å². The smallest absolute Gasteiger partial charge is 0.263 e. The fourth-order valence-corrected chi connectivity index (χ4v) is 4.45. The highest BCUT2D eigenvalue weighted by Crippen LogP contribution is 2.34. The zero-order chi connectivity index (χ0) is 21.1. The monoisotopic (exact) mass is 416 g/mol. The van der Waals surface area contributed by atoms with Crippen LogP contribution in [0.3, 0.4) is 0 Å². The van der Waals surface area contributed by atoms with Gasteiger partial charge in [0.1, 0.15) is 12.2 Å². The first kappa shape index (κ1) is 21.1. The molecule has 0 unspecified atom stereocenters. The van der Waals surface area contributed by atoms with Gasteiger partial charge in [0.25, 0.3) is 11.5 Å². The highest BCUT2D eigenvalue weighted by Gasteiger charge is 2.32. The van der Waals surface area contributed by atoms with Crippen LogP contribution in [-0.4, -0.2) is 72.1 Å². The molecule has 0 radical (unpaired) electrons. The van der Waals surface area contributed by atoms with Gasteiger partial charge in [0.2, 0.25) is 5.91 Å². The van der Waals surface area contributed by atoms with Crippen molar-refractivity contribution in [2.75, 3.05) is 45.9 Å². The molecule has 1 aliphatic carbocycles. The van der Waals surface area contributed by atoms with Crippen LogP contribution in [0, 0.1) is 0 Å². The summed E-state index contributed by atoms with van der Waals surface area (Å²) in [6, 6.07) is 0.174. The van der Waals surface area contributed by atoms with Crippen LogP contribution in [0.1, 0.15) is 60.1 Å². The average Bonchev–Trinajstić information content (AvgIpc) is 3.46. The van der Waals surface area contributed by atoms with Crippen LogP contribution in [0.5, 0.6) is 0 Å². The van der Waals surface area contributed by atoms with Crippen molar-refractivity contribution >= 4 is 11.8 Å². The maximum Gasteiger partial charge on any atom is 0.263 e. The van der Waals surface area contributed by atoms with Gasteiger partial charge in [-0.25, -0.2) is 0 Å². The van der Waals surface area contributed by atoms with Crippen LogP contribution in [0.2, 0.25) is 0 Å². The molecule has 1 aromatic rings. The summed E-state index contributed by atoms with van der Waals surface area (Å²) in [6.45, 7) is 6.87. The van der Waals surface area contributed by atoms with E-state index < -0.39 is 0 Å². The molecule has 164 valence electrons. The van der Waals surface area contributed by atoms with Gasteiger partial charge in [-0.05, 0) is 63.2 Å². The number of fused-ring (bicyclic) bond motifs is 1. The second kappa shape index (κ2) is 9.31. The third kappa shape index (κ3) is 4.59. The fraction of sp³-hybridized carbons (Fsp3) is 0.682. The van der Waals surface area contributed by atoms with Crippen LogP contribution in [0.25, 0.3) is 0 Å². The molecule has 2 fully saturated rings. The summed E-state index contributed by atoms with van der Waals surface area (Å²) in [7, 11) is 0. The molecule has 8 nitrogen and oxygen atoms in total. The molecule has 2 aliphatic heterocycles. The predicted molar refractivity (Wildman–Crippen MR) is 113 cm³/mol. The van der Waals surface area contributed by atoms with Crippen LogP contribution < -0.4 is 10.9 Å². The summed E-state index contributed by atoms with van der Waals surface area (Å²) in [5, 5.41) is 2.97. The van der Waals surface area contributed by atoms with Crippen molar-refractivity contribution < 1.29 is 14.3 Å². The van der Waals surface area contributed by atoms with E-state index in [-0.39, 0.29) is 35.6 Å². The lowest BCUT2D eigenvalue weighted by molar-refractivity contribution is -0.136. The topological polar surface area (TPSA) is 83.9 Å². The van der Waals surface area contributed by atoms with E-state index in [1.54, 1.807) is 9.47 Å². The minimum absolute atomic E-state index is 0.0525. The number of pyridine rings is 1. The molecule has 1 saturated heterocycles. The molecule has 1 saturated carbocycles. The Kier molecular flexibility index (Phi) is 6.53.